The molecule has 0 aliphatic carbocycles. The summed E-state index contributed by atoms with van der Waals surface area (Å²) in [7, 11) is 0. The number of nitrogens with two attached hydrogens (primary N) is 1. The molecular formula is C12H17NO. The molecule has 0 aliphatic rings. The number of carbonyl (C=O) groups excluding carboxylic acids is 1. The van der Waals surface area contributed by atoms with Crippen molar-refractivity contribution in [2.45, 2.75) is 26.7 Å². The monoisotopic (exact) mass is 191 g/mol. The van der Waals surface area contributed by atoms with Gasteiger partial charge in [-0.15, -0.1) is 0 Å². The van der Waals surface area contributed by atoms with E-state index >= 15 is 0 Å². The van der Waals surface area contributed by atoms with Crippen molar-refractivity contribution >= 4 is 5.78 Å². The van der Waals surface area contributed by atoms with Crippen LogP contribution in [0.3, 0.4) is 0 Å². The zero-order valence-electron chi connectivity index (χ0n) is 8.84. The van der Waals surface area contributed by atoms with Crippen LogP contribution in [0.5, 0.6) is 0 Å². The van der Waals surface area contributed by atoms with Gasteiger partial charge in [-0.3, -0.25) is 4.79 Å². The molecule has 0 bridgehead atoms. The van der Waals surface area contributed by atoms with E-state index in [1.54, 1.807) is 0 Å². The molecule has 2 N–H and O–H groups in total. The number of rotatable bonds is 4. The van der Waals surface area contributed by atoms with Gasteiger partial charge in [-0.25, -0.2) is 0 Å². The topological polar surface area (TPSA) is 43.1 Å². The highest BCUT2D eigenvalue weighted by molar-refractivity contribution is 5.97. The van der Waals surface area contributed by atoms with E-state index in [4.69, 9.17) is 5.73 Å². The Labute approximate surface area is 85.1 Å². The van der Waals surface area contributed by atoms with Gasteiger partial charge in [0.05, 0.1) is 0 Å². The molecule has 14 heavy (non-hydrogen) atoms. The van der Waals surface area contributed by atoms with Gasteiger partial charge in [0.25, 0.3) is 0 Å². The van der Waals surface area contributed by atoms with Gasteiger partial charge in [0.1, 0.15) is 0 Å². The molecule has 1 aromatic rings. The molecule has 0 aromatic heterocycles. The van der Waals surface area contributed by atoms with E-state index in [2.05, 4.69) is 0 Å². The maximum Gasteiger partial charge on any atom is 0.163 e. The number of hydrogen-bond donors (Lipinski definition) is 1. The first kappa shape index (κ1) is 10.9. The van der Waals surface area contributed by atoms with Crippen LogP contribution in [-0.4, -0.2) is 12.3 Å². The van der Waals surface area contributed by atoms with Crippen molar-refractivity contribution in [3.8, 4) is 0 Å². The molecule has 0 atom stereocenters. The van der Waals surface area contributed by atoms with Crippen molar-refractivity contribution in [1.29, 1.82) is 0 Å². The highest BCUT2D eigenvalue weighted by atomic mass is 16.1. The zero-order chi connectivity index (χ0) is 10.6. The Morgan fingerprint density at radius 3 is 2.71 bits per heavy atom. The largest absolute Gasteiger partial charge is 0.330 e. The normalized spacial score (nSPS) is 10.2. The van der Waals surface area contributed by atoms with Crippen LogP contribution in [-0.2, 0) is 0 Å². The summed E-state index contributed by atoms with van der Waals surface area (Å²) < 4.78 is 0. The van der Waals surface area contributed by atoms with Gasteiger partial charge in [-0.1, -0.05) is 17.7 Å². The fraction of sp³-hybridized carbons (Fsp3) is 0.417. The van der Waals surface area contributed by atoms with Crippen molar-refractivity contribution in [1.82, 2.24) is 0 Å². The lowest BCUT2D eigenvalue weighted by Gasteiger charge is -2.05. The molecule has 0 saturated heterocycles. The lowest BCUT2D eigenvalue weighted by molar-refractivity contribution is 0.0980. The van der Waals surface area contributed by atoms with Gasteiger partial charge in [0.15, 0.2) is 5.78 Å². The summed E-state index contributed by atoms with van der Waals surface area (Å²) in [6, 6.07) is 5.97. The average molecular weight is 191 g/mol. The summed E-state index contributed by atoms with van der Waals surface area (Å²) in [5.74, 6) is 0.205. The highest BCUT2D eigenvalue weighted by Crippen LogP contribution is 2.13. The number of carbonyl (C=O) groups is 1. The molecule has 0 radical (unpaired) electrons. The molecule has 0 unspecified atom stereocenters. The Balaban J connectivity index is 2.83. The third kappa shape index (κ3) is 2.67. The summed E-state index contributed by atoms with van der Waals surface area (Å²) in [5, 5.41) is 0. The van der Waals surface area contributed by atoms with Gasteiger partial charge in [-0.2, -0.15) is 0 Å². The second kappa shape index (κ2) is 4.91. The van der Waals surface area contributed by atoms with E-state index in [1.807, 2.05) is 32.0 Å². The minimum Gasteiger partial charge on any atom is -0.330 e. The Bertz CT molecular complexity index is 331. The van der Waals surface area contributed by atoms with Gasteiger partial charge in [0, 0.05) is 12.0 Å². The Hall–Kier alpha value is -1.15. The second-order valence-corrected chi connectivity index (χ2v) is 3.63. The summed E-state index contributed by atoms with van der Waals surface area (Å²) in [5.41, 5.74) is 8.40. The van der Waals surface area contributed by atoms with Crippen molar-refractivity contribution in [3.05, 3.63) is 34.9 Å². The van der Waals surface area contributed by atoms with Crippen LogP contribution in [0.15, 0.2) is 18.2 Å². The van der Waals surface area contributed by atoms with Gasteiger partial charge < -0.3 is 5.73 Å². The van der Waals surface area contributed by atoms with Crippen LogP contribution >= 0.6 is 0 Å². The summed E-state index contributed by atoms with van der Waals surface area (Å²) >= 11 is 0. The standard InChI is InChI=1S/C12H17NO/c1-9-5-6-10(2)11(8-9)12(14)4-3-7-13/h5-6,8H,3-4,7,13H2,1-2H3. The Morgan fingerprint density at radius 2 is 2.07 bits per heavy atom. The molecule has 0 amide bonds. The molecule has 1 rings (SSSR count). The van der Waals surface area contributed by atoms with Crippen LogP contribution in [0.4, 0.5) is 0 Å². The molecule has 2 nitrogen and oxygen atoms in total. The fourth-order valence-corrected chi connectivity index (χ4v) is 1.43. The number of hydrogen-bond acceptors (Lipinski definition) is 2. The minimum absolute atomic E-state index is 0.205. The van der Waals surface area contributed by atoms with Crippen LogP contribution in [0.25, 0.3) is 0 Å². The SMILES string of the molecule is Cc1ccc(C)c(C(=O)CCCN)c1. The van der Waals surface area contributed by atoms with Crippen LogP contribution < -0.4 is 5.73 Å². The summed E-state index contributed by atoms with van der Waals surface area (Å²) in [4.78, 5) is 11.7. The third-order valence-corrected chi connectivity index (χ3v) is 2.30. The molecule has 0 heterocycles. The zero-order valence-corrected chi connectivity index (χ0v) is 8.84. The van der Waals surface area contributed by atoms with E-state index in [0.29, 0.717) is 13.0 Å². The van der Waals surface area contributed by atoms with Gasteiger partial charge in [-0.05, 0) is 38.4 Å². The quantitative estimate of drug-likeness (QED) is 0.741. The van der Waals surface area contributed by atoms with E-state index in [9.17, 15) is 4.79 Å². The van der Waals surface area contributed by atoms with Gasteiger partial charge in [0.2, 0.25) is 0 Å². The predicted octanol–water partition coefficient (Wildman–Crippen LogP) is 2.23. The summed E-state index contributed by atoms with van der Waals surface area (Å²) in [6.07, 6.45) is 1.33. The molecule has 0 saturated carbocycles. The molecule has 0 fully saturated rings. The van der Waals surface area contributed by atoms with Crippen molar-refractivity contribution in [3.63, 3.8) is 0 Å². The summed E-state index contributed by atoms with van der Waals surface area (Å²) in [6.45, 7) is 4.55. The van der Waals surface area contributed by atoms with Crippen LogP contribution in [0.2, 0.25) is 0 Å². The number of benzene rings is 1. The van der Waals surface area contributed by atoms with E-state index in [-0.39, 0.29) is 5.78 Å². The van der Waals surface area contributed by atoms with Crippen LogP contribution in [0, 0.1) is 13.8 Å². The predicted molar refractivity (Wildman–Crippen MR) is 58.5 cm³/mol. The molecule has 1 aromatic carbocycles. The van der Waals surface area contributed by atoms with Crippen LogP contribution in [0.1, 0.15) is 34.3 Å². The number of aryl methyl sites for hydroxylation is 2. The van der Waals surface area contributed by atoms with E-state index in [1.165, 1.54) is 0 Å². The molecular weight excluding hydrogens is 174 g/mol. The second-order valence-electron chi connectivity index (χ2n) is 3.63. The smallest absolute Gasteiger partial charge is 0.163 e. The molecule has 76 valence electrons. The highest BCUT2D eigenvalue weighted by Gasteiger charge is 2.07. The molecule has 0 spiro atoms. The first-order valence-corrected chi connectivity index (χ1v) is 4.95. The maximum absolute atomic E-state index is 11.7. The van der Waals surface area contributed by atoms with Gasteiger partial charge >= 0.3 is 0 Å². The fourth-order valence-electron chi connectivity index (χ4n) is 1.43. The minimum atomic E-state index is 0.205. The maximum atomic E-state index is 11.7. The number of ketones is 1. The van der Waals surface area contributed by atoms with Crippen molar-refractivity contribution in [2.75, 3.05) is 6.54 Å². The van der Waals surface area contributed by atoms with Crippen molar-refractivity contribution in [2.24, 2.45) is 5.73 Å². The lowest BCUT2D eigenvalue weighted by Crippen LogP contribution is -2.06. The van der Waals surface area contributed by atoms with E-state index < -0.39 is 0 Å². The average Bonchev–Trinajstić information content (AvgIpc) is 2.18. The van der Waals surface area contributed by atoms with E-state index in [0.717, 1.165) is 23.1 Å². The number of Topliss-reactive ketones (excluding diaryl/α,β-unsaturated/α-hetero) is 1. The first-order valence-electron chi connectivity index (χ1n) is 4.95. The molecule has 0 aliphatic heterocycles. The van der Waals surface area contributed by atoms with Crippen molar-refractivity contribution < 1.29 is 4.79 Å². The molecule has 2 heteroatoms. The third-order valence-electron chi connectivity index (χ3n) is 2.30. The Morgan fingerprint density at radius 1 is 1.36 bits per heavy atom. The first-order chi connectivity index (χ1) is 6.65. The lowest BCUT2D eigenvalue weighted by atomic mass is 9.99. The Kier molecular flexibility index (Phi) is 3.84.